The van der Waals surface area contributed by atoms with Gasteiger partial charge in [0.1, 0.15) is 0 Å². The zero-order chi connectivity index (χ0) is 10.3. The van der Waals surface area contributed by atoms with Gasteiger partial charge in [-0.15, -0.1) is 0 Å². The first-order valence-corrected chi connectivity index (χ1v) is 6.10. The molecule has 7 heteroatoms. The van der Waals surface area contributed by atoms with Crippen LogP contribution in [-0.4, -0.2) is 19.8 Å². The Kier molecular flexibility index (Phi) is 2.83. The van der Waals surface area contributed by atoms with Gasteiger partial charge in [-0.25, -0.2) is 8.42 Å². The lowest BCUT2D eigenvalue weighted by Gasteiger charge is -2.32. The van der Waals surface area contributed by atoms with Crippen LogP contribution in [0.1, 0.15) is 19.3 Å². The second-order valence-electron chi connectivity index (χ2n) is 3.13. The van der Waals surface area contributed by atoms with Gasteiger partial charge in [0.05, 0.1) is 0 Å². The molecular formula is C6H8ClF3O2S. The number of alkyl halides is 3. The largest absolute Gasteiger partial charge is 0.407 e. The molecule has 1 atom stereocenters. The molecule has 1 fully saturated rings. The van der Waals surface area contributed by atoms with E-state index in [-0.39, 0.29) is 12.8 Å². The molecule has 1 saturated carbocycles. The van der Waals surface area contributed by atoms with Gasteiger partial charge >= 0.3 is 6.18 Å². The Morgan fingerprint density at radius 3 is 1.85 bits per heavy atom. The van der Waals surface area contributed by atoms with Crippen LogP contribution >= 0.6 is 10.7 Å². The molecule has 2 nitrogen and oxygen atoms in total. The summed E-state index contributed by atoms with van der Waals surface area (Å²) in [5.41, 5.74) is 0. The maximum atomic E-state index is 12.2. The molecule has 1 unspecified atom stereocenters. The molecule has 0 N–H and O–H groups in total. The molecule has 0 aromatic carbocycles. The summed E-state index contributed by atoms with van der Waals surface area (Å²) in [5, 5.41) is -2.38. The first-order chi connectivity index (χ1) is 5.73. The zero-order valence-corrected chi connectivity index (χ0v) is 8.09. The standard InChI is InChI=1S/C6H8ClF3O2S/c7-13(11,12)5(6(8,9)10)4-2-1-3-4/h4-5H,1-3H2. The molecule has 1 aliphatic rings. The van der Waals surface area contributed by atoms with Crippen molar-refractivity contribution < 1.29 is 21.6 Å². The molecule has 0 amide bonds. The average Bonchev–Trinajstić information content (AvgIpc) is 1.71. The van der Waals surface area contributed by atoms with Crippen LogP contribution in [0, 0.1) is 5.92 Å². The summed E-state index contributed by atoms with van der Waals surface area (Å²) < 4.78 is 58.0. The summed E-state index contributed by atoms with van der Waals surface area (Å²) in [5.74, 6) is -0.845. The molecule has 0 bridgehead atoms. The Balaban J connectivity index is 2.89. The van der Waals surface area contributed by atoms with Gasteiger partial charge in [0.2, 0.25) is 9.05 Å². The van der Waals surface area contributed by atoms with Crippen LogP contribution < -0.4 is 0 Å². The molecule has 1 aliphatic carbocycles. The van der Waals surface area contributed by atoms with Crippen LogP contribution in [0.4, 0.5) is 13.2 Å². The summed E-state index contributed by atoms with van der Waals surface area (Å²) in [7, 11) is 0.208. The van der Waals surface area contributed by atoms with Gasteiger partial charge < -0.3 is 0 Å². The van der Waals surface area contributed by atoms with E-state index in [1.165, 1.54) is 0 Å². The average molecular weight is 237 g/mol. The molecule has 0 radical (unpaired) electrons. The van der Waals surface area contributed by atoms with Crippen molar-refractivity contribution in [2.75, 3.05) is 0 Å². The Bertz CT molecular complexity index is 281. The predicted molar refractivity (Wildman–Crippen MR) is 42.0 cm³/mol. The van der Waals surface area contributed by atoms with Crippen molar-refractivity contribution in [2.45, 2.75) is 30.7 Å². The molecule has 0 aliphatic heterocycles. The van der Waals surface area contributed by atoms with Crippen molar-refractivity contribution >= 4 is 19.7 Å². The third-order valence-electron chi connectivity index (χ3n) is 2.20. The first kappa shape index (κ1) is 11.1. The molecule has 1 rings (SSSR count). The second kappa shape index (κ2) is 3.31. The monoisotopic (exact) mass is 236 g/mol. The molecule has 0 spiro atoms. The molecular weight excluding hydrogens is 229 g/mol. The molecule has 13 heavy (non-hydrogen) atoms. The minimum atomic E-state index is -4.74. The minimum absolute atomic E-state index is 0.288. The van der Waals surface area contributed by atoms with Crippen molar-refractivity contribution in [3.05, 3.63) is 0 Å². The normalized spacial score (nSPS) is 22.5. The highest BCUT2D eigenvalue weighted by Crippen LogP contribution is 2.42. The quantitative estimate of drug-likeness (QED) is 0.690. The van der Waals surface area contributed by atoms with E-state index in [0.717, 1.165) is 0 Å². The lowest BCUT2D eigenvalue weighted by Crippen LogP contribution is -2.43. The van der Waals surface area contributed by atoms with E-state index < -0.39 is 26.4 Å². The summed E-state index contributed by atoms with van der Waals surface area (Å²) in [6.45, 7) is 0. The van der Waals surface area contributed by atoms with E-state index in [0.29, 0.717) is 6.42 Å². The highest BCUT2D eigenvalue weighted by atomic mass is 35.7. The van der Waals surface area contributed by atoms with Crippen molar-refractivity contribution in [2.24, 2.45) is 5.92 Å². The van der Waals surface area contributed by atoms with Crippen LogP contribution in [0.3, 0.4) is 0 Å². The Morgan fingerprint density at radius 1 is 1.31 bits per heavy atom. The summed E-state index contributed by atoms with van der Waals surface area (Å²) in [4.78, 5) is 0. The van der Waals surface area contributed by atoms with Crippen molar-refractivity contribution in [1.82, 2.24) is 0 Å². The number of hydrogen-bond donors (Lipinski definition) is 0. The van der Waals surface area contributed by atoms with Gasteiger partial charge in [0.15, 0.2) is 5.25 Å². The fourth-order valence-electron chi connectivity index (χ4n) is 1.40. The third kappa shape index (κ3) is 2.49. The minimum Gasteiger partial charge on any atom is -0.212 e. The van der Waals surface area contributed by atoms with Crippen LogP contribution in [0.2, 0.25) is 0 Å². The first-order valence-electron chi connectivity index (χ1n) is 3.73. The SMILES string of the molecule is O=S(=O)(Cl)C(C1CCC1)C(F)(F)F. The predicted octanol–water partition coefficient (Wildman–Crippen LogP) is 2.29. The van der Waals surface area contributed by atoms with E-state index in [2.05, 4.69) is 0 Å². The van der Waals surface area contributed by atoms with Crippen molar-refractivity contribution in [3.63, 3.8) is 0 Å². The fourth-order valence-corrected chi connectivity index (χ4v) is 3.19. The summed E-state index contributed by atoms with van der Waals surface area (Å²) >= 11 is 0. The van der Waals surface area contributed by atoms with Crippen LogP contribution in [0.5, 0.6) is 0 Å². The van der Waals surface area contributed by atoms with E-state index in [4.69, 9.17) is 10.7 Å². The summed E-state index contributed by atoms with van der Waals surface area (Å²) in [6, 6.07) is 0. The van der Waals surface area contributed by atoms with E-state index >= 15 is 0 Å². The van der Waals surface area contributed by atoms with Crippen LogP contribution in [0.15, 0.2) is 0 Å². The molecule has 0 heterocycles. The molecule has 0 aromatic rings. The van der Waals surface area contributed by atoms with Gasteiger partial charge in [-0.05, 0) is 18.8 Å². The smallest absolute Gasteiger partial charge is 0.212 e. The van der Waals surface area contributed by atoms with E-state index in [9.17, 15) is 21.6 Å². The lowest BCUT2D eigenvalue weighted by molar-refractivity contribution is -0.144. The van der Waals surface area contributed by atoms with E-state index in [1.807, 2.05) is 0 Å². The number of rotatable bonds is 2. The van der Waals surface area contributed by atoms with Gasteiger partial charge in [-0.3, -0.25) is 0 Å². The maximum Gasteiger partial charge on any atom is 0.407 e. The Hall–Kier alpha value is 0.0300. The Morgan fingerprint density at radius 2 is 1.77 bits per heavy atom. The fraction of sp³-hybridized carbons (Fsp3) is 1.00. The highest BCUT2D eigenvalue weighted by Gasteiger charge is 2.53. The second-order valence-corrected chi connectivity index (χ2v) is 5.88. The number of hydrogen-bond acceptors (Lipinski definition) is 2. The van der Waals surface area contributed by atoms with Gasteiger partial charge in [-0.1, -0.05) is 6.42 Å². The third-order valence-corrected chi connectivity index (χ3v) is 4.04. The molecule has 78 valence electrons. The van der Waals surface area contributed by atoms with Crippen molar-refractivity contribution in [3.8, 4) is 0 Å². The lowest BCUT2D eigenvalue weighted by atomic mass is 9.82. The van der Waals surface area contributed by atoms with Gasteiger partial charge in [0, 0.05) is 10.7 Å². The van der Waals surface area contributed by atoms with Gasteiger partial charge in [-0.2, -0.15) is 13.2 Å². The maximum absolute atomic E-state index is 12.2. The Labute approximate surface area is 78.5 Å². The van der Waals surface area contributed by atoms with Gasteiger partial charge in [0.25, 0.3) is 0 Å². The molecule has 0 aromatic heterocycles. The molecule has 0 saturated heterocycles. The van der Waals surface area contributed by atoms with Crippen LogP contribution in [0.25, 0.3) is 0 Å². The van der Waals surface area contributed by atoms with Crippen LogP contribution in [-0.2, 0) is 9.05 Å². The highest BCUT2D eigenvalue weighted by molar-refractivity contribution is 8.14. The van der Waals surface area contributed by atoms with Crippen molar-refractivity contribution in [1.29, 1.82) is 0 Å². The zero-order valence-electron chi connectivity index (χ0n) is 6.51. The summed E-state index contributed by atoms with van der Waals surface area (Å²) in [6.07, 6.45) is -3.53. The number of halogens is 4. The van der Waals surface area contributed by atoms with E-state index in [1.54, 1.807) is 0 Å². The topological polar surface area (TPSA) is 34.1 Å².